The van der Waals surface area contributed by atoms with E-state index in [1.165, 1.54) is 34.7 Å². The van der Waals surface area contributed by atoms with E-state index in [1.54, 1.807) is 19.0 Å². The first-order chi connectivity index (χ1) is 28.4. The van der Waals surface area contributed by atoms with E-state index < -0.39 is 32.1 Å². The van der Waals surface area contributed by atoms with Gasteiger partial charge in [0, 0.05) is 50.8 Å². The molecule has 0 atom stereocenters. The van der Waals surface area contributed by atoms with Crippen molar-refractivity contribution in [2.24, 2.45) is 14.1 Å². The second kappa shape index (κ2) is 21.1. The molecule has 20 heteroatoms. The van der Waals surface area contributed by atoms with Crippen LogP contribution in [0.4, 0.5) is 21.0 Å². The minimum Gasteiger partial charge on any atom is -0.337 e. The van der Waals surface area contributed by atoms with Crippen LogP contribution in [0.1, 0.15) is 131 Å². The van der Waals surface area contributed by atoms with Gasteiger partial charge in [-0.3, -0.25) is 14.2 Å². The van der Waals surface area contributed by atoms with Gasteiger partial charge >= 0.3 is 18.2 Å². The first kappa shape index (κ1) is 49.5. The molecule has 0 saturated heterocycles. The van der Waals surface area contributed by atoms with Crippen molar-refractivity contribution in [2.75, 3.05) is 17.7 Å². The number of hydrogen-bond donors (Lipinski definition) is 4. The minimum absolute atomic E-state index is 0.132. The van der Waals surface area contributed by atoms with Crippen LogP contribution >= 0.6 is 0 Å². The Kier molecular flexibility index (Phi) is 17.1. The van der Waals surface area contributed by atoms with Crippen LogP contribution in [0.2, 0.25) is 0 Å². The van der Waals surface area contributed by atoms with Crippen LogP contribution in [-0.2, 0) is 43.7 Å². The molecular formula is C41H57N9O9S2. The number of anilines is 2. The molecule has 5 amide bonds. The molecule has 2 heterocycles. The Morgan fingerprint density at radius 1 is 0.689 bits per heavy atom. The van der Waals surface area contributed by atoms with Crippen molar-refractivity contribution in [3.63, 3.8) is 0 Å². The van der Waals surface area contributed by atoms with Crippen LogP contribution in [0.25, 0.3) is 0 Å². The summed E-state index contributed by atoms with van der Waals surface area (Å²) in [4.78, 5) is 55.7. The molecule has 4 N–H and O–H groups in total. The Morgan fingerprint density at radius 3 is 1.41 bits per heavy atom. The number of nitrogens with one attached hydrogen (secondary N) is 4. The number of hydrogen-bond acceptors (Lipinski definition) is 11. The second-order valence-corrected chi connectivity index (χ2v) is 19.0. The van der Waals surface area contributed by atoms with E-state index in [1.807, 2.05) is 101 Å². The average molecular weight is 884 g/mol. The van der Waals surface area contributed by atoms with Gasteiger partial charge < -0.3 is 15.5 Å². The third-order valence-corrected chi connectivity index (χ3v) is 12.4. The molecule has 0 spiro atoms. The Bertz CT molecular complexity index is 2390. The molecule has 0 aliphatic heterocycles. The van der Waals surface area contributed by atoms with E-state index in [4.69, 9.17) is 9.59 Å². The van der Waals surface area contributed by atoms with E-state index in [2.05, 4.69) is 20.8 Å². The number of urea groups is 2. The quantitative estimate of drug-likeness (QED) is 0.121. The number of para-hydroxylation sites is 2. The highest BCUT2D eigenvalue weighted by molar-refractivity contribution is 7.90. The van der Waals surface area contributed by atoms with Crippen molar-refractivity contribution in [1.29, 1.82) is 0 Å². The Balaban J connectivity index is 0.000000316. The predicted molar refractivity (Wildman–Crippen MR) is 229 cm³/mol. The van der Waals surface area contributed by atoms with E-state index >= 15 is 0 Å². The molecule has 4 aromatic rings. The smallest absolute Gasteiger partial charge is 0.337 e. The average Bonchev–Trinajstić information content (AvgIpc) is 3.77. The highest BCUT2D eigenvalue weighted by atomic mass is 32.2. The SMILES string of the molecule is CC(C)c1cccc(C(C)C)c1NC(=O)NS(=O)(=O)c1cc(C(=O)N(C)C2CCC2)n(C)n1.CC(C)c1cccc(C(C)C)c1NC(=O)NS(=O)(=O)c1ccn(C)n1.O=C=O. The molecule has 2 aromatic carbocycles. The van der Waals surface area contributed by atoms with Crippen LogP contribution < -0.4 is 20.1 Å². The van der Waals surface area contributed by atoms with Gasteiger partial charge in [0.05, 0.1) is 0 Å². The largest absolute Gasteiger partial charge is 0.373 e. The van der Waals surface area contributed by atoms with Crippen molar-refractivity contribution in [3.8, 4) is 0 Å². The van der Waals surface area contributed by atoms with E-state index in [0.717, 1.165) is 41.5 Å². The summed E-state index contributed by atoms with van der Waals surface area (Å²) >= 11 is 0. The highest BCUT2D eigenvalue weighted by Gasteiger charge is 2.31. The molecule has 2 aromatic heterocycles. The number of nitrogens with zero attached hydrogens (tertiary/aromatic N) is 5. The van der Waals surface area contributed by atoms with Gasteiger partial charge in [0.2, 0.25) is 0 Å². The van der Waals surface area contributed by atoms with Gasteiger partial charge in [-0.2, -0.15) is 36.6 Å². The normalized spacial score (nSPS) is 12.7. The van der Waals surface area contributed by atoms with E-state index in [9.17, 15) is 31.2 Å². The summed E-state index contributed by atoms with van der Waals surface area (Å²) in [6.07, 6.45) is 4.69. The van der Waals surface area contributed by atoms with Gasteiger partial charge in [0.15, 0.2) is 10.1 Å². The number of rotatable bonds is 12. The van der Waals surface area contributed by atoms with Crippen LogP contribution in [0, 0.1) is 0 Å². The van der Waals surface area contributed by atoms with Crippen molar-refractivity contribution < 1.29 is 40.8 Å². The lowest BCUT2D eigenvalue weighted by Crippen LogP contribution is -2.41. The molecular weight excluding hydrogens is 827 g/mol. The fraction of sp³-hybridized carbons (Fsp3) is 0.463. The van der Waals surface area contributed by atoms with Gasteiger partial charge in [-0.1, -0.05) is 91.8 Å². The fourth-order valence-corrected chi connectivity index (χ4v) is 8.22. The van der Waals surface area contributed by atoms with Crippen LogP contribution in [-0.4, -0.2) is 78.5 Å². The molecule has 0 radical (unpaired) electrons. The predicted octanol–water partition coefficient (Wildman–Crippen LogP) is 6.40. The minimum atomic E-state index is -4.28. The number of carbonyl (C=O) groups is 3. The highest BCUT2D eigenvalue weighted by Crippen LogP contribution is 2.34. The summed E-state index contributed by atoms with van der Waals surface area (Å²) in [5.41, 5.74) is 5.15. The lowest BCUT2D eigenvalue weighted by Gasteiger charge is -2.34. The summed E-state index contributed by atoms with van der Waals surface area (Å²) in [6.45, 7) is 16.1. The van der Waals surface area contributed by atoms with E-state index in [0.29, 0.717) is 11.4 Å². The maximum atomic E-state index is 12.9. The zero-order valence-corrected chi connectivity index (χ0v) is 38.1. The lowest BCUT2D eigenvalue weighted by molar-refractivity contribution is -0.191. The summed E-state index contributed by atoms with van der Waals surface area (Å²) in [5, 5.41) is 12.6. The van der Waals surface area contributed by atoms with Gasteiger partial charge in [-0.15, -0.1) is 0 Å². The van der Waals surface area contributed by atoms with Gasteiger partial charge in [0.1, 0.15) is 5.69 Å². The maximum Gasteiger partial charge on any atom is 0.373 e. The summed E-state index contributed by atoms with van der Waals surface area (Å²) < 4.78 is 56.8. The number of aryl methyl sites for hydroxylation is 2. The van der Waals surface area contributed by atoms with Crippen molar-refractivity contribution in [1.82, 2.24) is 33.9 Å². The van der Waals surface area contributed by atoms with Crippen molar-refractivity contribution in [3.05, 3.63) is 82.7 Å². The molecule has 0 bridgehead atoms. The first-order valence-corrected chi connectivity index (χ1v) is 22.6. The first-order valence-electron chi connectivity index (χ1n) is 19.7. The topological polar surface area (TPSA) is 241 Å². The number of carbonyl (C=O) groups excluding carboxylic acids is 5. The van der Waals surface area contributed by atoms with Crippen LogP contribution in [0.15, 0.2) is 64.8 Å². The molecule has 61 heavy (non-hydrogen) atoms. The Morgan fingerprint density at radius 2 is 1.08 bits per heavy atom. The van der Waals surface area contributed by atoms with Gasteiger partial charge in [-0.05, 0) is 71.3 Å². The monoisotopic (exact) mass is 883 g/mol. The lowest BCUT2D eigenvalue weighted by atomic mass is 9.92. The van der Waals surface area contributed by atoms with Crippen LogP contribution in [0.3, 0.4) is 0 Å². The van der Waals surface area contributed by atoms with Gasteiger partial charge in [-0.25, -0.2) is 19.0 Å². The Labute approximate surface area is 358 Å². The zero-order valence-electron chi connectivity index (χ0n) is 36.4. The summed E-state index contributed by atoms with van der Waals surface area (Å²) in [6, 6.07) is 12.6. The maximum absolute atomic E-state index is 12.9. The van der Waals surface area contributed by atoms with E-state index in [-0.39, 0.29) is 57.5 Å². The van der Waals surface area contributed by atoms with Gasteiger partial charge in [0.25, 0.3) is 26.0 Å². The molecule has 1 saturated carbocycles. The van der Waals surface area contributed by atoms with Crippen molar-refractivity contribution in [2.45, 2.75) is 114 Å². The molecule has 0 unspecified atom stereocenters. The third-order valence-electron chi connectivity index (χ3n) is 9.94. The molecule has 1 aliphatic rings. The second-order valence-electron chi connectivity index (χ2n) is 15.8. The molecule has 5 rings (SSSR count). The zero-order chi connectivity index (χ0) is 46.0. The molecule has 1 fully saturated rings. The number of benzene rings is 2. The standard InChI is InChI=1S/C23H33N5O4S.C17H24N4O3S.CO2/c1-14(2)17-11-8-12-18(15(3)4)21(17)24-23(30)26-33(31,32)20-13-19(28(6)25-20)22(29)27(5)16-9-7-10-16;1-11(2)13-7-6-8-14(12(3)4)16(13)18-17(22)20-25(23,24)15-9-10-21(5)19-15;2-1-3/h8,11-16H,7,9-10H2,1-6H3,(H2,24,26,30);6-12H,1-5H3,(H2,18,20,22);. The number of amides is 5. The molecule has 1 aliphatic carbocycles. The molecule has 18 nitrogen and oxygen atoms in total. The Hall–Kier alpha value is -5.85. The van der Waals surface area contributed by atoms with Crippen LogP contribution in [0.5, 0.6) is 0 Å². The molecule has 332 valence electrons. The number of sulfonamides is 2. The summed E-state index contributed by atoms with van der Waals surface area (Å²) in [5.74, 6) is 0.330. The van der Waals surface area contributed by atoms with Crippen molar-refractivity contribution >= 4 is 55.5 Å². The fourth-order valence-electron chi connectivity index (χ4n) is 6.45. The third kappa shape index (κ3) is 12.8. The number of aromatic nitrogens is 4. The summed E-state index contributed by atoms with van der Waals surface area (Å²) in [7, 11) is -3.48.